The van der Waals surface area contributed by atoms with Gasteiger partial charge in [-0.15, -0.1) is 0 Å². The van der Waals surface area contributed by atoms with E-state index in [1.807, 2.05) is 0 Å². The van der Waals surface area contributed by atoms with Crippen LogP contribution >= 0.6 is 0 Å². The van der Waals surface area contributed by atoms with E-state index in [0.29, 0.717) is 6.61 Å². The van der Waals surface area contributed by atoms with E-state index < -0.39 is 0 Å². The Hall–Kier alpha value is -1.02. The summed E-state index contributed by atoms with van der Waals surface area (Å²) in [5.74, 6) is 0. The molecule has 0 atom stereocenters. The minimum atomic E-state index is 0.709. The Kier molecular flexibility index (Phi) is 3.62. The molecule has 0 amide bonds. The van der Waals surface area contributed by atoms with Crippen molar-refractivity contribution >= 4 is 5.69 Å². The summed E-state index contributed by atoms with van der Waals surface area (Å²) in [6.45, 7) is 3.13. The Balaban J connectivity index is 2.02. The van der Waals surface area contributed by atoms with Crippen molar-refractivity contribution in [1.82, 2.24) is 0 Å². The van der Waals surface area contributed by atoms with E-state index in [-0.39, 0.29) is 0 Å². The molecule has 2 nitrogen and oxygen atoms in total. The van der Waals surface area contributed by atoms with Crippen LogP contribution in [-0.4, -0.2) is 20.2 Å². The van der Waals surface area contributed by atoms with E-state index in [0.717, 1.165) is 0 Å². The van der Waals surface area contributed by atoms with Crippen molar-refractivity contribution in [2.75, 3.05) is 25.1 Å². The van der Waals surface area contributed by atoms with Gasteiger partial charge in [0.1, 0.15) is 0 Å². The van der Waals surface area contributed by atoms with Crippen molar-refractivity contribution in [2.45, 2.75) is 25.9 Å². The van der Waals surface area contributed by atoms with Crippen LogP contribution in [0.2, 0.25) is 0 Å². The highest BCUT2D eigenvalue weighted by Gasteiger charge is 2.10. The number of hydrogen-bond acceptors (Lipinski definition) is 2. The molecule has 2 heteroatoms. The molecule has 0 saturated carbocycles. The van der Waals surface area contributed by atoms with Crippen LogP contribution in [0, 0.1) is 0 Å². The first kappa shape index (κ1) is 10.5. The highest BCUT2D eigenvalue weighted by Crippen LogP contribution is 2.20. The zero-order valence-electron chi connectivity index (χ0n) is 9.41. The van der Waals surface area contributed by atoms with Gasteiger partial charge in [-0.1, -0.05) is 12.1 Å². The van der Waals surface area contributed by atoms with Gasteiger partial charge >= 0.3 is 0 Å². The molecule has 0 aliphatic carbocycles. The second kappa shape index (κ2) is 5.17. The Labute approximate surface area is 91.9 Å². The third kappa shape index (κ3) is 2.72. The van der Waals surface area contributed by atoms with E-state index in [4.69, 9.17) is 4.74 Å². The molecule has 1 aromatic carbocycles. The molecule has 0 spiro atoms. The predicted octanol–water partition coefficient (Wildman–Crippen LogP) is 2.82. The van der Waals surface area contributed by atoms with Crippen LogP contribution in [0.15, 0.2) is 24.3 Å². The first-order valence-electron chi connectivity index (χ1n) is 5.73. The minimum Gasteiger partial charge on any atom is -0.380 e. The average molecular weight is 205 g/mol. The molecule has 15 heavy (non-hydrogen) atoms. The summed E-state index contributed by atoms with van der Waals surface area (Å²) >= 11 is 0. The Morgan fingerprint density at radius 3 is 2.33 bits per heavy atom. The predicted molar refractivity (Wildman–Crippen MR) is 63.2 cm³/mol. The van der Waals surface area contributed by atoms with Gasteiger partial charge in [0.15, 0.2) is 0 Å². The lowest BCUT2D eigenvalue weighted by Gasteiger charge is -2.28. The Morgan fingerprint density at radius 2 is 1.73 bits per heavy atom. The summed E-state index contributed by atoms with van der Waals surface area (Å²) in [4.78, 5) is 2.47. The van der Waals surface area contributed by atoms with Crippen LogP contribution in [0.4, 0.5) is 5.69 Å². The van der Waals surface area contributed by atoms with Gasteiger partial charge in [0.2, 0.25) is 0 Å². The van der Waals surface area contributed by atoms with Crippen LogP contribution in [0.1, 0.15) is 24.8 Å². The standard InChI is InChI=1S/C13H19NO/c1-15-11-12-5-7-13(8-6-12)14-9-3-2-4-10-14/h5-8H,2-4,9-11H2,1H3. The van der Waals surface area contributed by atoms with Crippen LogP contribution in [-0.2, 0) is 11.3 Å². The van der Waals surface area contributed by atoms with Crippen LogP contribution in [0.25, 0.3) is 0 Å². The lowest BCUT2D eigenvalue weighted by Crippen LogP contribution is -2.29. The van der Waals surface area contributed by atoms with Gasteiger partial charge in [-0.25, -0.2) is 0 Å². The average Bonchev–Trinajstić information content (AvgIpc) is 2.32. The highest BCUT2D eigenvalue weighted by atomic mass is 16.5. The van der Waals surface area contributed by atoms with Gasteiger partial charge in [-0.2, -0.15) is 0 Å². The number of nitrogens with zero attached hydrogens (tertiary/aromatic N) is 1. The zero-order chi connectivity index (χ0) is 10.5. The van der Waals surface area contributed by atoms with E-state index >= 15 is 0 Å². The van der Waals surface area contributed by atoms with Crippen molar-refractivity contribution in [2.24, 2.45) is 0 Å². The highest BCUT2D eigenvalue weighted by molar-refractivity contribution is 5.47. The van der Waals surface area contributed by atoms with Crippen molar-refractivity contribution in [3.8, 4) is 0 Å². The quantitative estimate of drug-likeness (QED) is 0.752. The van der Waals surface area contributed by atoms with E-state index in [9.17, 15) is 0 Å². The van der Waals surface area contributed by atoms with E-state index in [1.165, 1.54) is 43.6 Å². The lowest BCUT2D eigenvalue weighted by atomic mass is 10.1. The van der Waals surface area contributed by atoms with Crippen LogP contribution < -0.4 is 4.90 Å². The third-order valence-electron chi connectivity index (χ3n) is 2.97. The molecule has 82 valence electrons. The number of methoxy groups -OCH3 is 1. The Bertz CT molecular complexity index is 288. The fourth-order valence-electron chi connectivity index (χ4n) is 2.12. The normalized spacial score (nSPS) is 16.7. The fraction of sp³-hybridized carbons (Fsp3) is 0.538. The van der Waals surface area contributed by atoms with Gasteiger partial charge in [-0.05, 0) is 37.0 Å². The lowest BCUT2D eigenvalue weighted by molar-refractivity contribution is 0.185. The molecule has 1 aliphatic rings. The van der Waals surface area contributed by atoms with Crippen molar-refractivity contribution in [3.63, 3.8) is 0 Å². The van der Waals surface area contributed by atoms with Gasteiger partial charge < -0.3 is 9.64 Å². The van der Waals surface area contributed by atoms with Gasteiger partial charge in [0.25, 0.3) is 0 Å². The van der Waals surface area contributed by atoms with Crippen LogP contribution in [0.3, 0.4) is 0 Å². The van der Waals surface area contributed by atoms with E-state index in [1.54, 1.807) is 7.11 Å². The summed E-state index contributed by atoms with van der Waals surface area (Å²) in [6, 6.07) is 8.74. The second-order valence-electron chi connectivity index (χ2n) is 4.15. The third-order valence-corrected chi connectivity index (χ3v) is 2.97. The van der Waals surface area contributed by atoms with Crippen LogP contribution in [0.5, 0.6) is 0 Å². The summed E-state index contributed by atoms with van der Waals surface area (Å²) in [7, 11) is 1.73. The minimum absolute atomic E-state index is 0.709. The molecule has 0 radical (unpaired) electrons. The summed E-state index contributed by atoms with van der Waals surface area (Å²) < 4.78 is 5.10. The molecule has 0 unspecified atom stereocenters. The van der Waals surface area contributed by atoms with Crippen molar-refractivity contribution in [1.29, 1.82) is 0 Å². The van der Waals surface area contributed by atoms with E-state index in [2.05, 4.69) is 29.2 Å². The largest absolute Gasteiger partial charge is 0.380 e. The maximum Gasteiger partial charge on any atom is 0.0713 e. The number of hydrogen-bond donors (Lipinski definition) is 0. The zero-order valence-corrected chi connectivity index (χ0v) is 9.41. The molecule has 0 bridgehead atoms. The molecular weight excluding hydrogens is 186 g/mol. The molecule has 0 aromatic heterocycles. The fourth-order valence-corrected chi connectivity index (χ4v) is 2.12. The van der Waals surface area contributed by atoms with Gasteiger partial charge in [-0.3, -0.25) is 0 Å². The number of piperidine rings is 1. The number of rotatable bonds is 3. The molecule has 1 aromatic rings. The van der Waals surface area contributed by atoms with Crippen molar-refractivity contribution in [3.05, 3.63) is 29.8 Å². The SMILES string of the molecule is COCc1ccc(N2CCCCC2)cc1. The molecular formula is C13H19NO. The maximum atomic E-state index is 5.10. The summed E-state index contributed by atoms with van der Waals surface area (Å²) in [5.41, 5.74) is 2.60. The Morgan fingerprint density at radius 1 is 1.07 bits per heavy atom. The smallest absolute Gasteiger partial charge is 0.0713 e. The monoisotopic (exact) mass is 205 g/mol. The van der Waals surface area contributed by atoms with Crippen molar-refractivity contribution < 1.29 is 4.74 Å². The summed E-state index contributed by atoms with van der Waals surface area (Å²) in [5, 5.41) is 0. The molecule has 1 fully saturated rings. The molecule has 1 aliphatic heterocycles. The first-order valence-corrected chi connectivity index (χ1v) is 5.73. The molecule has 2 rings (SSSR count). The van der Waals surface area contributed by atoms with Gasteiger partial charge in [0.05, 0.1) is 6.61 Å². The first-order chi connectivity index (χ1) is 7.40. The number of ether oxygens (including phenoxy) is 1. The van der Waals surface area contributed by atoms with Gasteiger partial charge in [0, 0.05) is 25.9 Å². The summed E-state index contributed by atoms with van der Waals surface area (Å²) in [6.07, 6.45) is 4.05. The second-order valence-corrected chi connectivity index (χ2v) is 4.15. The molecule has 1 heterocycles. The number of benzene rings is 1. The maximum absolute atomic E-state index is 5.10. The molecule has 0 N–H and O–H groups in total. The number of anilines is 1. The molecule has 1 saturated heterocycles. The topological polar surface area (TPSA) is 12.5 Å².